The predicted molar refractivity (Wildman–Crippen MR) is 97.0 cm³/mol. The molecule has 0 aliphatic heterocycles. The molecule has 22 heavy (non-hydrogen) atoms. The van der Waals surface area contributed by atoms with E-state index in [1.807, 2.05) is 0 Å². The van der Waals surface area contributed by atoms with Gasteiger partial charge in [0.2, 0.25) is 0 Å². The molecule has 1 nitrogen and oxygen atoms in total. The van der Waals surface area contributed by atoms with E-state index in [0.717, 1.165) is 17.5 Å². The van der Waals surface area contributed by atoms with E-state index in [0.29, 0.717) is 0 Å². The van der Waals surface area contributed by atoms with Gasteiger partial charge in [0.15, 0.2) is 0 Å². The summed E-state index contributed by atoms with van der Waals surface area (Å²) in [5.41, 5.74) is 11.3. The number of aryl methyl sites for hydroxylation is 1. The second-order valence-corrected chi connectivity index (χ2v) is 5.87. The van der Waals surface area contributed by atoms with Crippen molar-refractivity contribution in [3.8, 4) is 11.1 Å². The number of hydrogen-bond donors (Lipinski definition) is 1. The van der Waals surface area contributed by atoms with Gasteiger partial charge in [-0.25, -0.2) is 0 Å². The highest BCUT2D eigenvalue weighted by Crippen LogP contribution is 2.36. The molecule has 3 aromatic carbocycles. The summed E-state index contributed by atoms with van der Waals surface area (Å²) in [5.74, 6) is 0. The van der Waals surface area contributed by atoms with Gasteiger partial charge in [-0.3, -0.25) is 0 Å². The molecule has 0 unspecified atom stereocenters. The first-order chi connectivity index (χ1) is 10.8. The molecule has 0 spiro atoms. The number of nitrogen functional groups attached to an aromatic ring is 1. The molecule has 0 aromatic heterocycles. The number of nitrogens with two attached hydrogens (primary N) is 1. The molecule has 0 aliphatic rings. The summed E-state index contributed by atoms with van der Waals surface area (Å²) in [4.78, 5) is 0. The van der Waals surface area contributed by atoms with Crippen molar-refractivity contribution in [3.63, 3.8) is 0 Å². The number of anilines is 1. The normalized spacial score (nSPS) is 11.0. The average Bonchev–Trinajstić information content (AvgIpc) is 2.56. The summed E-state index contributed by atoms with van der Waals surface area (Å²) in [7, 11) is 0. The Morgan fingerprint density at radius 3 is 2.36 bits per heavy atom. The van der Waals surface area contributed by atoms with E-state index >= 15 is 0 Å². The van der Waals surface area contributed by atoms with Crippen molar-refractivity contribution in [1.82, 2.24) is 0 Å². The second-order valence-electron chi connectivity index (χ2n) is 5.87. The van der Waals surface area contributed by atoms with Crippen LogP contribution in [0.25, 0.3) is 21.9 Å². The summed E-state index contributed by atoms with van der Waals surface area (Å²) < 4.78 is 0. The number of benzene rings is 3. The lowest BCUT2D eigenvalue weighted by Gasteiger charge is -2.16. The molecule has 0 aliphatic carbocycles. The van der Waals surface area contributed by atoms with Gasteiger partial charge in [0, 0.05) is 16.6 Å². The van der Waals surface area contributed by atoms with Gasteiger partial charge in [0.25, 0.3) is 0 Å². The van der Waals surface area contributed by atoms with Gasteiger partial charge in [0.1, 0.15) is 0 Å². The molecule has 0 radical (unpaired) electrons. The van der Waals surface area contributed by atoms with Crippen LogP contribution in [0.4, 0.5) is 5.69 Å². The van der Waals surface area contributed by atoms with E-state index in [4.69, 9.17) is 5.73 Å². The fourth-order valence-electron chi connectivity index (χ4n) is 3.14. The Hall–Kier alpha value is -2.28. The molecule has 112 valence electrons. The van der Waals surface area contributed by atoms with Crippen molar-refractivity contribution >= 4 is 16.5 Å². The molecular formula is C21H23N. The Morgan fingerprint density at radius 1 is 0.864 bits per heavy atom. The molecule has 2 N–H and O–H groups in total. The van der Waals surface area contributed by atoms with E-state index < -0.39 is 0 Å². The Balaban J connectivity index is 2.17. The van der Waals surface area contributed by atoms with E-state index in [2.05, 4.69) is 67.6 Å². The zero-order valence-corrected chi connectivity index (χ0v) is 13.2. The lowest BCUT2D eigenvalue weighted by molar-refractivity contribution is 0.718. The van der Waals surface area contributed by atoms with Gasteiger partial charge >= 0.3 is 0 Å². The van der Waals surface area contributed by atoms with Gasteiger partial charge in [-0.2, -0.15) is 0 Å². The van der Waals surface area contributed by atoms with E-state index in [1.165, 1.54) is 41.3 Å². The zero-order chi connectivity index (χ0) is 15.4. The van der Waals surface area contributed by atoms with Gasteiger partial charge < -0.3 is 5.73 Å². The first kappa shape index (κ1) is 14.6. The van der Waals surface area contributed by atoms with Crippen molar-refractivity contribution in [1.29, 1.82) is 0 Å². The maximum absolute atomic E-state index is 6.56. The van der Waals surface area contributed by atoms with Crippen LogP contribution in [0.2, 0.25) is 0 Å². The van der Waals surface area contributed by atoms with Crippen molar-refractivity contribution in [2.75, 3.05) is 5.73 Å². The van der Waals surface area contributed by atoms with Gasteiger partial charge in [-0.05, 0) is 29.4 Å². The van der Waals surface area contributed by atoms with Gasteiger partial charge in [-0.15, -0.1) is 0 Å². The van der Waals surface area contributed by atoms with Gasteiger partial charge in [0.05, 0.1) is 0 Å². The highest BCUT2D eigenvalue weighted by atomic mass is 14.6. The summed E-state index contributed by atoms with van der Waals surface area (Å²) >= 11 is 0. The molecule has 0 saturated carbocycles. The third kappa shape index (κ3) is 2.85. The smallest absolute Gasteiger partial charge is 0.0476 e. The Bertz CT molecular complexity index is 759. The molecule has 3 rings (SSSR count). The number of rotatable bonds is 5. The first-order valence-electron chi connectivity index (χ1n) is 8.16. The lowest BCUT2D eigenvalue weighted by Crippen LogP contribution is -1.98. The number of unbranched alkanes of at least 4 members (excludes halogenated alkanes) is 2. The Kier molecular flexibility index (Phi) is 4.43. The molecule has 0 amide bonds. The van der Waals surface area contributed by atoms with Crippen LogP contribution >= 0.6 is 0 Å². The van der Waals surface area contributed by atoms with E-state index in [1.54, 1.807) is 0 Å². The zero-order valence-electron chi connectivity index (χ0n) is 13.2. The molecule has 0 saturated heterocycles. The Morgan fingerprint density at radius 2 is 1.59 bits per heavy atom. The fourth-order valence-corrected chi connectivity index (χ4v) is 3.14. The van der Waals surface area contributed by atoms with Crippen LogP contribution in [0.5, 0.6) is 0 Å². The quantitative estimate of drug-likeness (QED) is 0.464. The SMILES string of the molecule is CCCCCc1cc2ccccc2c(N)c1-c1ccccc1. The standard InChI is InChI=1S/C21H23N/c1-2-3-5-13-18-15-17-12-8-9-14-19(17)21(22)20(18)16-10-6-4-7-11-16/h4,6-12,14-15H,2-3,5,13,22H2,1H3. The highest BCUT2D eigenvalue weighted by Gasteiger charge is 2.12. The minimum Gasteiger partial charge on any atom is -0.398 e. The van der Waals surface area contributed by atoms with Crippen LogP contribution in [-0.2, 0) is 6.42 Å². The average molecular weight is 289 g/mol. The van der Waals surface area contributed by atoms with Gasteiger partial charge in [-0.1, -0.05) is 80.4 Å². The monoisotopic (exact) mass is 289 g/mol. The molecule has 0 atom stereocenters. The maximum Gasteiger partial charge on any atom is 0.0476 e. The van der Waals surface area contributed by atoms with Crippen LogP contribution in [0.3, 0.4) is 0 Å². The third-order valence-electron chi connectivity index (χ3n) is 4.28. The largest absolute Gasteiger partial charge is 0.398 e. The summed E-state index contributed by atoms with van der Waals surface area (Å²) in [6.07, 6.45) is 4.81. The molecule has 0 fully saturated rings. The maximum atomic E-state index is 6.56. The van der Waals surface area contributed by atoms with Crippen LogP contribution in [-0.4, -0.2) is 0 Å². The Labute approximate surface area is 132 Å². The number of fused-ring (bicyclic) bond motifs is 1. The van der Waals surface area contributed by atoms with Crippen LogP contribution < -0.4 is 5.73 Å². The van der Waals surface area contributed by atoms with Crippen LogP contribution in [0.1, 0.15) is 31.7 Å². The van der Waals surface area contributed by atoms with Crippen molar-refractivity contribution in [2.45, 2.75) is 32.6 Å². The van der Waals surface area contributed by atoms with Crippen LogP contribution in [0.15, 0.2) is 60.7 Å². The summed E-state index contributed by atoms with van der Waals surface area (Å²) in [5, 5.41) is 2.40. The summed E-state index contributed by atoms with van der Waals surface area (Å²) in [6.45, 7) is 2.24. The third-order valence-corrected chi connectivity index (χ3v) is 4.28. The lowest BCUT2D eigenvalue weighted by atomic mass is 9.91. The molecule has 0 heterocycles. The topological polar surface area (TPSA) is 26.0 Å². The predicted octanol–water partition coefficient (Wildman–Crippen LogP) is 5.82. The molecule has 0 bridgehead atoms. The molecular weight excluding hydrogens is 266 g/mol. The summed E-state index contributed by atoms with van der Waals surface area (Å²) in [6, 6.07) is 21.3. The minimum atomic E-state index is 0.913. The second kappa shape index (κ2) is 6.65. The van der Waals surface area contributed by atoms with Crippen molar-refractivity contribution < 1.29 is 0 Å². The highest BCUT2D eigenvalue weighted by molar-refractivity contribution is 6.02. The van der Waals surface area contributed by atoms with Crippen LogP contribution in [0, 0.1) is 0 Å². The first-order valence-corrected chi connectivity index (χ1v) is 8.16. The van der Waals surface area contributed by atoms with E-state index in [-0.39, 0.29) is 0 Å². The minimum absolute atomic E-state index is 0.913. The van der Waals surface area contributed by atoms with Crippen molar-refractivity contribution in [3.05, 3.63) is 66.2 Å². The molecule has 3 aromatic rings. The van der Waals surface area contributed by atoms with Crippen molar-refractivity contribution in [2.24, 2.45) is 0 Å². The fraction of sp³-hybridized carbons (Fsp3) is 0.238. The number of hydrogen-bond acceptors (Lipinski definition) is 1. The molecule has 1 heteroatoms. The van der Waals surface area contributed by atoms with E-state index in [9.17, 15) is 0 Å².